The molecule has 0 aromatic heterocycles. The number of ether oxygens (including phenoxy) is 2. The summed E-state index contributed by atoms with van der Waals surface area (Å²) >= 11 is 0. The van der Waals surface area contributed by atoms with Gasteiger partial charge in [-0.1, -0.05) is 25.5 Å². The van der Waals surface area contributed by atoms with Crippen molar-refractivity contribution >= 4 is 12.4 Å². The van der Waals surface area contributed by atoms with Gasteiger partial charge in [0, 0.05) is 5.56 Å². The van der Waals surface area contributed by atoms with E-state index in [1.54, 1.807) is 13.2 Å². The number of hydrogen-bond acceptors (Lipinski definition) is 3. The molecule has 1 heterocycles. The highest BCUT2D eigenvalue weighted by Crippen LogP contribution is 2.41. The molecule has 96 valence electrons. The number of carbonyl (C=O) groups is 1. The highest BCUT2D eigenvalue weighted by atomic mass is 16.5. The Bertz CT molecular complexity index is 491. The van der Waals surface area contributed by atoms with Crippen molar-refractivity contribution < 1.29 is 14.3 Å². The van der Waals surface area contributed by atoms with E-state index < -0.39 is 0 Å². The Balaban J connectivity index is 2.48. The lowest BCUT2D eigenvalue weighted by molar-refractivity contribution is 0.110. The summed E-state index contributed by atoms with van der Waals surface area (Å²) < 4.78 is 11.4. The van der Waals surface area contributed by atoms with Gasteiger partial charge in [0.2, 0.25) is 0 Å². The summed E-state index contributed by atoms with van der Waals surface area (Å²) in [6.07, 6.45) is 6.85. The lowest BCUT2D eigenvalue weighted by Gasteiger charge is -2.32. The van der Waals surface area contributed by atoms with Crippen LogP contribution in [0.4, 0.5) is 0 Å². The number of rotatable bonds is 4. The number of aldehydes is 1. The average Bonchev–Trinajstić information content (AvgIpc) is 2.37. The van der Waals surface area contributed by atoms with Crippen molar-refractivity contribution in [2.45, 2.75) is 32.3 Å². The lowest BCUT2D eigenvalue weighted by atomic mass is 9.95. The highest BCUT2D eigenvalue weighted by Gasteiger charge is 2.29. The molecular weight excluding hydrogens is 228 g/mol. The summed E-state index contributed by atoms with van der Waals surface area (Å²) in [4.78, 5) is 11.0. The molecule has 3 nitrogen and oxygen atoms in total. The summed E-state index contributed by atoms with van der Waals surface area (Å²) in [7, 11) is 1.56. The summed E-state index contributed by atoms with van der Waals surface area (Å²) in [5, 5.41) is 0. The van der Waals surface area contributed by atoms with Crippen LogP contribution in [0.25, 0.3) is 6.08 Å². The van der Waals surface area contributed by atoms with Gasteiger partial charge in [0.1, 0.15) is 5.60 Å². The van der Waals surface area contributed by atoms with Crippen LogP contribution in [-0.2, 0) is 0 Å². The van der Waals surface area contributed by atoms with E-state index in [1.807, 2.05) is 19.1 Å². The molecule has 0 saturated carbocycles. The van der Waals surface area contributed by atoms with Gasteiger partial charge in [0.05, 0.1) is 12.7 Å². The summed E-state index contributed by atoms with van der Waals surface area (Å²) in [6, 6.07) is 3.63. The maximum Gasteiger partial charge on any atom is 0.171 e. The first-order valence-corrected chi connectivity index (χ1v) is 6.18. The largest absolute Gasteiger partial charge is 0.492 e. The molecule has 1 aliphatic heterocycles. The Labute approximate surface area is 107 Å². The second-order valence-electron chi connectivity index (χ2n) is 4.72. The third-order valence-corrected chi connectivity index (χ3v) is 3.20. The van der Waals surface area contributed by atoms with Gasteiger partial charge in [-0.15, -0.1) is 0 Å². The van der Waals surface area contributed by atoms with Gasteiger partial charge in [0.15, 0.2) is 17.8 Å². The minimum Gasteiger partial charge on any atom is -0.492 e. The normalized spacial score (nSPS) is 21.1. The minimum atomic E-state index is -0.323. The minimum absolute atomic E-state index is 0.323. The molecule has 0 aliphatic carbocycles. The maximum atomic E-state index is 11.0. The Morgan fingerprint density at radius 1 is 1.44 bits per heavy atom. The van der Waals surface area contributed by atoms with Crippen LogP contribution in [0, 0.1) is 0 Å². The van der Waals surface area contributed by atoms with E-state index in [0.29, 0.717) is 17.1 Å². The summed E-state index contributed by atoms with van der Waals surface area (Å²) in [5.74, 6) is 1.19. The van der Waals surface area contributed by atoms with Crippen molar-refractivity contribution in [1.29, 1.82) is 0 Å². The zero-order valence-corrected chi connectivity index (χ0v) is 11.0. The molecule has 1 atom stereocenters. The first-order valence-electron chi connectivity index (χ1n) is 6.18. The van der Waals surface area contributed by atoms with Crippen molar-refractivity contribution in [3.8, 4) is 11.5 Å². The molecular formula is C15H18O3. The van der Waals surface area contributed by atoms with E-state index in [4.69, 9.17) is 9.47 Å². The number of benzene rings is 1. The van der Waals surface area contributed by atoms with Crippen LogP contribution >= 0.6 is 0 Å². The Kier molecular flexibility index (Phi) is 3.41. The zero-order valence-electron chi connectivity index (χ0n) is 11.0. The molecule has 0 spiro atoms. The van der Waals surface area contributed by atoms with E-state index >= 15 is 0 Å². The van der Waals surface area contributed by atoms with Gasteiger partial charge in [0.25, 0.3) is 0 Å². The molecule has 3 heteroatoms. The van der Waals surface area contributed by atoms with Crippen molar-refractivity contribution in [3.63, 3.8) is 0 Å². The predicted octanol–water partition coefficient (Wildman–Crippen LogP) is 3.47. The van der Waals surface area contributed by atoms with Crippen LogP contribution in [0.15, 0.2) is 18.2 Å². The van der Waals surface area contributed by atoms with Crippen molar-refractivity contribution in [1.82, 2.24) is 0 Å². The fraction of sp³-hybridized carbons (Fsp3) is 0.400. The van der Waals surface area contributed by atoms with Crippen LogP contribution in [0.2, 0.25) is 0 Å². The summed E-state index contributed by atoms with van der Waals surface area (Å²) in [5.41, 5.74) is 1.15. The van der Waals surface area contributed by atoms with Gasteiger partial charge in [-0.05, 0) is 25.5 Å². The lowest BCUT2D eigenvalue weighted by Crippen LogP contribution is -2.31. The number of hydrogen-bond donors (Lipinski definition) is 0. The van der Waals surface area contributed by atoms with E-state index in [-0.39, 0.29) is 5.60 Å². The van der Waals surface area contributed by atoms with Crippen LogP contribution in [0.3, 0.4) is 0 Å². The Hall–Kier alpha value is -1.77. The van der Waals surface area contributed by atoms with Gasteiger partial charge >= 0.3 is 0 Å². The molecule has 1 aliphatic rings. The monoisotopic (exact) mass is 246 g/mol. The van der Waals surface area contributed by atoms with Gasteiger partial charge in [-0.25, -0.2) is 0 Å². The Morgan fingerprint density at radius 3 is 2.83 bits per heavy atom. The third kappa shape index (κ3) is 2.13. The zero-order chi connectivity index (χ0) is 13.2. The second kappa shape index (κ2) is 4.84. The van der Waals surface area contributed by atoms with Gasteiger partial charge < -0.3 is 9.47 Å². The summed E-state index contributed by atoms with van der Waals surface area (Å²) in [6.45, 7) is 4.17. The van der Waals surface area contributed by atoms with Crippen LogP contribution in [0.1, 0.15) is 42.6 Å². The second-order valence-corrected chi connectivity index (χ2v) is 4.72. The molecule has 0 fully saturated rings. The molecule has 1 unspecified atom stereocenters. The van der Waals surface area contributed by atoms with Gasteiger partial charge in [-0.2, -0.15) is 0 Å². The van der Waals surface area contributed by atoms with E-state index in [1.165, 1.54) is 0 Å². The molecule has 0 saturated heterocycles. The number of fused-ring (bicyclic) bond motifs is 1. The molecule has 18 heavy (non-hydrogen) atoms. The molecule has 0 bridgehead atoms. The van der Waals surface area contributed by atoms with Crippen LogP contribution in [0.5, 0.6) is 11.5 Å². The molecule has 0 N–H and O–H groups in total. The fourth-order valence-electron chi connectivity index (χ4n) is 2.30. The predicted molar refractivity (Wildman–Crippen MR) is 71.4 cm³/mol. The fourth-order valence-corrected chi connectivity index (χ4v) is 2.30. The van der Waals surface area contributed by atoms with Gasteiger partial charge in [-0.3, -0.25) is 4.79 Å². The highest BCUT2D eigenvalue weighted by molar-refractivity contribution is 5.84. The average molecular weight is 246 g/mol. The first-order chi connectivity index (χ1) is 8.63. The SMILES string of the molecule is CCCC1(C)C=Cc2ccc(C=O)c(OC)c2O1. The maximum absolute atomic E-state index is 11.0. The standard InChI is InChI=1S/C15H18O3/c1-4-8-15(2)9-7-11-5-6-12(10-16)13(17-3)14(11)18-15/h5-7,9-10H,4,8H2,1-3H3. The topological polar surface area (TPSA) is 35.5 Å². The number of methoxy groups -OCH3 is 1. The van der Waals surface area contributed by atoms with Crippen LogP contribution in [-0.4, -0.2) is 19.0 Å². The number of carbonyl (C=O) groups excluding carboxylic acids is 1. The van der Waals surface area contributed by atoms with E-state index in [9.17, 15) is 4.79 Å². The molecule has 0 radical (unpaired) electrons. The van der Waals surface area contributed by atoms with Crippen molar-refractivity contribution in [2.24, 2.45) is 0 Å². The first kappa shape index (κ1) is 12.7. The molecule has 1 aromatic carbocycles. The van der Waals surface area contributed by atoms with Crippen molar-refractivity contribution in [3.05, 3.63) is 29.3 Å². The quantitative estimate of drug-likeness (QED) is 0.763. The van der Waals surface area contributed by atoms with Crippen molar-refractivity contribution in [2.75, 3.05) is 7.11 Å². The van der Waals surface area contributed by atoms with E-state index in [2.05, 4.69) is 13.0 Å². The Morgan fingerprint density at radius 2 is 2.22 bits per heavy atom. The molecule has 2 rings (SSSR count). The van der Waals surface area contributed by atoms with Crippen LogP contribution < -0.4 is 9.47 Å². The molecule has 0 amide bonds. The third-order valence-electron chi connectivity index (χ3n) is 3.20. The molecule has 1 aromatic rings. The van der Waals surface area contributed by atoms with E-state index in [0.717, 1.165) is 24.7 Å². The smallest absolute Gasteiger partial charge is 0.171 e.